The van der Waals surface area contributed by atoms with Crippen molar-refractivity contribution in [3.8, 4) is 11.4 Å². The van der Waals surface area contributed by atoms with Crippen LogP contribution >= 0.6 is 0 Å². The molecular weight excluding hydrogens is 679 g/mol. The van der Waals surface area contributed by atoms with Gasteiger partial charge in [0.2, 0.25) is 0 Å². The van der Waals surface area contributed by atoms with Crippen molar-refractivity contribution in [2.75, 3.05) is 4.90 Å². The number of hydrogen-bond acceptors (Lipinski definition) is 1. The number of para-hydroxylation sites is 2. The molecule has 0 radical (unpaired) electrons. The lowest BCUT2D eigenvalue weighted by molar-refractivity contribution is 0.654. The molecule has 3 heteroatoms. The van der Waals surface area contributed by atoms with E-state index in [1.54, 1.807) is 0 Å². The van der Waals surface area contributed by atoms with Crippen molar-refractivity contribution in [2.24, 2.45) is 0 Å². The molecule has 0 bridgehead atoms. The van der Waals surface area contributed by atoms with Crippen molar-refractivity contribution < 1.29 is 0 Å². The van der Waals surface area contributed by atoms with Gasteiger partial charge in [0.05, 0.1) is 16.6 Å². The van der Waals surface area contributed by atoms with Crippen LogP contribution in [0.3, 0.4) is 0 Å². The number of hydrogen-bond donors (Lipinski definition) is 0. The third-order valence-electron chi connectivity index (χ3n) is 12.5. The van der Waals surface area contributed by atoms with Crippen LogP contribution in [-0.2, 0) is 5.41 Å². The maximum absolute atomic E-state index is 2.47. The highest BCUT2D eigenvalue weighted by Gasteiger charge is 2.39. The Morgan fingerprint density at radius 2 is 1.36 bits per heavy atom. The Morgan fingerprint density at radius 3 is 2.16 bits per heavy atom. The van der Waals surface area contributed by atoms with Gasteiger partial charge in [-0.25, -0.2) is 0 Å². The Labute approximate surface area is 328 Å². The first-order valence-electron chi connectivity index (χ1n) is 20.0. The van der Waals surface area contributed by atoms with E-state index in [4.69, 9.17) is 0 Å². The monoisotopic (exact) mass is 721 g/mol. The summed E-state index contributed by atoms with van der Waals surface area (Å²) in [6.45, 7) is 4.79. The molecule has 1 atom stereocenters. The zero-order chi connectivity index (χ0) is 37.4. The minimum Gasteiger partial charge on any atom is -0.316 e. The van der Waals surface area contributed by atoms with E-state index in [0.717, 1.165) is 36.3 Å². The lowest BCUT2D eigenvalue weighted by atomic mass is 9.80. The highest BCUT2D eigenvalue weighted by atomic mass is 15.1. The topological polar surface area (TPSA) is 13.1 Å². The second-order valence-corrected chi connectivity index (χ2v) is 16.0. The maximum atomic E-state index is 2.47. The van der Waals surface area contributed by atoms with Gasteiger partial charge in [-0.3, -0.25) is 0 Å². The Balaban J connectivity index is 1.05. The van der Waals surface area contributed by atoms with Crippen LogP contribution in [0.15, 0.2) is 193 Å². The van der Waals surface area contributed by atoms with E-state index in [-0.39, 0.29) is 5.41 Å². The maximum Gasteiger partial charge on any atom is 0.0635 e. The van der Waals surface area contributed by atoms with Crippen LogP contribution in [0, 0.1) is 0 Å². The molecule has 11 rings (SSSR count). The second kappa shape index (κ2) is 12.7. The van der Waals surface area contributed by atoms with E-state index in [0.29, 0.717) is 5.92 Å². The summed E-state index contributed by atoms with van der Waals surface area (Å²) in [6, 6.07) is 53.6. The summed E-state index contributed by atoms with van der Waals surface area (Å²) in [6.07, 6.45) is 17.5. The van der Waals surface area contributed by atoms with Gasteiger partial charge in [-0.2, -0.15) is 0 Å². The summed E-state index contributed by atoms with van der Waals surface area (Å²) in [5.41, 5.74) is 16.5. The lowest BCUT2D eigenvalue weighted by Gasteiger charge is -2.30. The standard InChI is InChI=1S/C53H43N3/c1-53(2)48-19-11-9-17-43(48)44-30-29-42(35-49(44)53)55(39-23-21-37(22-24-39)36-13-5-3-6-14-36)40-25-27-41(28-26-40)56-51-20-12-10-18-45(51)46-31-32-50-47(52(46)56)33-34-54(50)38-15-7-4-8-16-38/h3-8,10,12-21,23-35,37H,9,11,22H2,1-2H3/t37-/m1/s1. The normalized spacial score (nSPS) is 17.1. The molecule has 6 aromatic carbocycles. The number of nitrogens with zero attached hydrogens (tertiary/aromatic N) is 3. The predicted molar refractivity (Wildman–Crippen MR) is 236 cm³/mol. The largest absolute Gasteiger partial charge is 0.316 e. The molecule has 0 unspecified atom stereocenters. The van der Waals surface area contributed by atoms with Gasteiger partial charge in [0.1, 0.15) is 0 Å². The van der Waals surface area contributed by atoms with Gasteiger partial charge in [-0.1, -0.05) is 117 Å². The van der Waals surface area contributed by atoms with Gasteiger partial charge < -0.3 is 14.0 Å². The molecule has 2 heterocycles. The lowest BCUT2D eigenvalue weighted by Crippen LogP contribution is -2.19. The van der Waals surface area contributed by atoms with Crippen molar-refractivity contribution in [2.45, 2.75) is 44.4 Å². The Morgan fingerprint density at radius 1 is 0.607 bits per heavy atom. The Hall–Kier alpha value is -6.58. The van der Waals surface area contributed by atoms with E-state index < -0.39 is 0 Å². The average molecular weight is 722 g/mol. The smallest absolute Gasteiger partial charge is 0.0635 e. The van der Waals surface area contributed by atoms with Gasteiger partial charge >= 0.3 is 0 Å². The van der Waals surface area contributed by atoms with Crippen molar-refractivity contribution in [3.63, 3.8) is 0 Å². The molecule has 0 fully saturated rings. The molecule has 0 N–H and O–H groups in total. The summed E-state index contributed by atoms with van der Waals surface area (Å²) in [5, 5.41) is 3.77. The molecule has 0 saturated heterocycles. The summed E-state index contributed by atoms with van der Waals surface area (Å²) < 4.78 is 4.76. The van der Waals surface area contributed by atoms with Gasteiger partial charge in [-0.15, -0.1) is 0 Å². The first-order valence-corrected chi connectivity index (χ1v) is 20.0. The number of allylic oxidation sites excluding steroid dienone is 7. The quantitative estimate of drug-likeness (QED) is 0.167. The van der Waals surface area contributed by atoms with E-state index in [9.17, 15) is 0 Å². The van der Waals surface area contributed by atoms with Crippen LogP contribution in [-0.4, -0.2) is 9.13 Å². The second-order valence-electron chi connectivity index (χ2n) is 16.0. The summed E-state index contributed by atoms with van der Waals surface area (Å²) in [4.78, 5) is 2.46. The number of aromatic nitrogens is 2. The molecule has 3 aliphatic carbocycles. The molecule has 3 aliphatic rings. The highest BCUT2D eigenvalue weighted by molar-refractivity contribution is 6.18. The Bertz CT molecular complexity index is 2950. The average Bonchev–Trinajstić information content (AvgIpc) is 3.91. The van der Waals surface area contributed by atoms with E-state index in [2.05, 4.69) is 210 Å². The summed E-state index contributed by atoms with van der Waals surface area (Å²) in [7, 11) is 0. The van der Waals surface area contributed by atoms with Gasteiger partial charge in [0.25, 0.3) is 0 Å². The molecule has 2 aromatic heterocycles. The van der Waals surface area contributed by atoms with Crippen LogP contribution in [0.4, 0.5) is 11.4 Å². The van der Waals surface area contributed by atoms with Crippen LogP contribution in [0.1, 0.15) is 55.7 Å². The van der Waals surface area contributed by atoms with Crippen LogP contribution in [0.2, 0.25) is 0 Å². The molecule has 3 nitrogen and oxygen atoms in total. The van der Waals surface area contributed by atoms with Gasteiger partial charge in [0, 0.05) is 62.1 Å². The van der Waals surface area contributed by atoms with Crippen LogP contribution in [0.5, 0.6) is 0 Å². The van der Waals surface area contributed by atoms with Crippen LogP contribution < -0.4 is 4.90 Å². The predicted octanol–water partition coefficient (Wildman–Crippen LogP) is 13.9. The fraction of sp³-hybridized carbons (Fsp3) is 0.132. The zero-order valence-electron chi connectivity index (χ0n) is 31.9. The first kappa shape index (κ1) is 32.8. The highest BCUT2D eigenvalue weighted by Crippen LogP contribution is 2.53. The van der Waals surface area contributed by atoms with E-state index in [1.165, 1.54) is 71.9 Å². The SMILES string of the molecule is CC1(C)C2=CCCC=C2c2ccc(N(C3=CC[C@H](c4ccccc4)C=C3)c3ccc(-n4c5ccccc5c5ccc6c(ccn6-c6ccccc6)c54)cc3)cc21. The molecule has 0 aliphatic heterocycles. The zero-order valence-corrected chi connectivity index (χ0v) is 31.9. The van der Waals surface area contributed by atoms with E-state index >= 15 is 0 Å². The molecular formula is C53H43N3. The van der Waals surface area contributed by atoms with E-state index in [1.807, 2.05) is 0 Å². The molecule has 56 heavy (non-hydrogen) atoms. The third kappa shape index (κ3) is 5.04. The number of anilines is 2. The van der Waals surface area contributed by atoms with Crippen LogP contribution in [0.25, 0.3) is 49.7 Å². The summed E-state index contributed by atoms with van der Waals surface area (Å²) in [5.74, 6) is 0.369. The minimum absolute atomic E-state index is 0.0381. The van der Waals surface area contributed by atoms with Crippen molar-refractivity contribution in [1.29, 1.82) is 0 Å². The molecule has 270 valence electrons. The van der Waals surface area contributed by atoms with Crippen molar-refractivity contribution in [1.82, 2.24) is 9.13 Å². The van der Waals surface area contributed by atoms with Crippen molar-refractivity contribution >= 4 is 49.7 Å². The number of rotatable bonds is 6. The number of benzene rings is 6. The molecule has 8 aromatic rings. The molecule has 0 amide bonds. The van der Waals surface area contributed by atoms with Crippen molar-refractivity contribution in [3.05, 3.63) is 210 Å². The van der Waals surface area contributed by atoms with Gasteiger partial charge in [0.15, 0.2) is 0 Å². The first-order chi connectivity index (χ1) is 27.5. The number of fused-ring (bicyclic) bond motifs is 8. The minimum atomic E-state index is -0.0381. The fourth-order valence-electron chi connectivity index (χ4n) is 9.77. The Kier molecular flexibility index (Phi) is 7.47. The fourth-order valence-corrected chi connectivity index (χ4v) is 9.77. The molecule has 0 spiro atoms. The molecule has 0 saturated carbocycles. The third-order valence-corrected chi connectivity index (χ3v) is 12.5. The van der Waals surface area contributed by atoms with Gasteiger partial charge in [-0.05, 0) is 120 Å². The summed E-state index contributed by atoms with van der Waals surface area (Å²) >= 11 is 0.